The van der Waals surface area contributed by atoms with Crippen molar-refractivity contribution in [3.05, 3.63) is 17.5 Å². The summed E-state index contributed by atoms with van der Waals surface area (Å²) >= 11 is 0. The maximum Gasteiger partial charge on any atom is 0.292 e. The molecule has 0 N–H and O–H groups in total. The number of hydrogen-bond acceptors (Lipinski definition) is 3. The number of aromatic nitrogens is 1. The standard InChI is InChI=1S/C8H9FN2O2/c1-5-2-10-13-7(5)8(12)11-3-6(9)4-11/h2,6H,3-4H2,1H3. The molecule has 0 radical (unpaired) electrons. The highest BCUT2D eigenvalue weighted by Gasteiger charge is 2.33. The lowest BCUT2D eigenvalue weighted by Crippen LogP contribution is -2.51. The van der Waals surface area contributed by atoms with E-state index in [1.54, 1.807) is 6.92 Å². The third-order valence-electron chi connectivity index (χ3n) is 2.07. The van der Waals surface area contributed by atoms with E-state index in [-0.39, 0.29) is 24.8 Å². The summed E-state index contributed by atoms with van der Waals surface area (Å²) in [6.45, 7) is 2.06. The summed E-state index contributed by atoms with van der Waals surface area (Å²) in [5.41, 5.74) is 0.687. The zero-order valence-electron chi connectivity index (χ0n) is 7.16. The van der Waals surface area contributed by atoms with Gasteiger partial charge < -0.3 is 9.42 Å². The van der Waals surface area contributed by atoms with Crippen LogP contribution in [0.3, 0.4) is 0 Å². The quantitative estimate of drug-likeness (QED) is 0.647. The minimum absolute atomic E-state index is 0.166. The predicted octanol–water partition coefficient (Wildman–Crippen LogP) is 0.777. The van der Waals surface area contributed by atoms with Crippen molar-refractivity contribution in [2.75, 3.05) is 13.1 Å². The van der Waals surface area contributed by atoms with E-state index in [2.05, 4.69) is 5.16 Å². The van der Waals surface area contributed by atoms with Gasteiger partial charge in [0.1, 0.15) is 6.17 Å². The monoisotopic (exact) mass is 184 g/mol. The zero-order valence-corrected chi connectivity index (χ0v) is 7.16. The van der Waals surface area contributed by atoms with Crippen LogP contribution in [0.4, 0.5) is 4.39 Å². The number of amides is 1. The fourth-order valence-corrected chi connectivity index (χ4v) is 1.23. The first-order valence-electron chi connectivity index (χ1n) is 4.03. The Morgan fingerprint density at radius 1 is 1.77 bits per heavy atom. The first-order chi connectivity index (χ1) is 6.18. The molecule has 70 valence electrons. The average molecular weight is 184 g/mol. The Labute approximate surface area is 74.3 Å². The molecule has 0 saturated carbocycles. The van der Waals surface area contributed by atoms with Crippen LogP contribution in [0.25, 0.3) is 0 Å². The van der Waals surface area contributed by atoms with Crippen molar-refractivity contribution in [3.63, 3.8) is 0 Å². The molecule has 0 spiro atoms. The summed E-state index contributed by atoms with van der Waals surface area (Å²) < 4.78 is 17.2. The largest absolute Gasteiger partial charge is 0.351 e. The van der Waals surface area contributed by atoms with Gasteiger partial charge in [-0.25, -0.2) is 4.39 Å². The summed E-state index contributed by atoms with van der Waals surface area (Å²) in [5, 5.41) is 3.49. The number of nitrogens with zero attached hydrogens (tertiary/aromatic N) is 2. The Morgan fingerprint density at radius 3 is 2.92 bits per heavy atom. The van der Waals surface area contributed by atoms with Crippen LogP contribution in [0.5, 0.6) is 0 Å². The molecule has 1 amide bonds. The Hall–Kier alpha value is -1.39. The van der Waals surface area contributed by atoms with E-state index in [1.807, 2.05) is 0 Å². The Bertz CT molecular complexity index is 331. The van der Waals surface area contributed by atoms with Crippen molar-refractivity contribution in [1.29, 1.82) is 0 Å². The average Bonchev–Trinajstić information content (AvgIpc) is 2.44. The molecule has 0 atom stereocenters. The van der Waals surface area contributed by atoms with Gasteiger partial charge in [-0.2, -0.15) is 0 Å². The van der Waals surface area contributed by atoms with Crippen molar-refractivity contribution in [2.45, 2.75) is 13.1 Å². The molecule has 0 aromatic carbocycles. The molecule has 0 unspecified atom stereocenters. The topological polar surface area (TPSA) is 46.3 Å². The molecule has 5 heteroatoms. The van der Waals surface area contributed by atoms with E-state index in [1.165, 1.54) is 11.1 Å². The molecular formula is C8H9FN2O2. The molecule has 2 heterocycles. The molecule has 1 aromatic heterocycles. The van der Waals surface area contributed by atoms with Gasteiger partial charge in [0.2, 0.25) is 5.76 Å². The first kappa shape index (κ1) is 8.22. The van der Waals surface area contributed by atoms with Gasteiger partial charge >= 0.3 is 0 Å². The van der Waals surface area contributed by atoms with Gasteiger partial charge in [-0.3, -0.25) is 4.79 Å². The molecule has 1 saturated heterocycles. The number of likely N-dealkylation sites (tertiary alicyclic amines) is 1. The number of aryl methyl sites for hydroxylation is 1. The number of halogens is 1. The second kappa shape index (κ2) is 2.83. The summed E-state index contributed by atoms with van der Waals surface area (Å²) in [4.78, 5) is 12.9. The maximum atomic E-state index is 12.4. The normalized spacial score (nSPS) is 17.2. The summed E-state index contributed by atoms with van der Waals surface area (Å²) in [6.07, 6.45) is 0.590. The van der Waals surface area contributed by atoms with E-state index in [9.17, 15) is 9.18 Å². The third-order valence-corrected chi connectivity index (χ3v) is 2.07. The minimum Gasteiger partial charge on any atom is -0.351 e. The van der Waals surface area contributed by atoms with Crippen LogP contribution in [-0.2, 0) is 0 Å². The van der Waals surface area contributed by atoms with Gasteiger partial charge in [-0.1, -0.05) is 5.16 Å². The highest BCUT2D eigenvalue weighted by atomic mass is 19.1. The van der Waals surface area contributed by atoms with Gasteiger partial charge in [-0.05, 0) is 6.92 Å². The molecule has 13 heavy (non-hydrogen) atoms. The van der Waals surface area contributed by atoms with E-state index in [0.717, 1.165) is 0 Å². The van der Waals surface area contributed by atoms with Crippen molar-refractivity contribution in [3.8, 4) is 0 Å². The summed E-state index contributed by atoms with van der Waals surface area (Å²) in [6, 6.07) is 0. The SMILES string of the molecule is Cc1cnoc1C(=O)N1CC(F)C1. The Balaban J connectivity index is 2.10. The Kier molecular flexibility index (Phi) is 1.79. The van der Waals surface area contributed by atoms with Crippen LogP contribution in [0.15, 0.2) is 10.7 Å². The van der Waals surface area contributed by atoms with Crippen LogP contribution < -0.4 is 0 Å². The fourth-order valence-electron chi connectivity index (χ4n) is 1.23. The minimum atomic E-state index is -0.882. The highest BCUT2D eigenvalue weighted by molar-refractivity contribution is 5.93. The predicted molar refractivity (Wildman–Crippen MR) is 42.0 cm³/mol. The van der Waals surface area contributed by atoms with Gasteiger partial charge in [0.15, 0.2) is 0 Å². The zero-order chi connectivity index (χ0) is 9.42. The maximum absolute atomic E-state index is 12.4. The van der Waals surface area contributed by atoms with Gasteiger partial charge in [-0.15, -0.1) is 0 Å². The molecule has 0 bridgehead atoms. The fraction of sp³-hybridized carbons (Fsp3) is 0.500. The van der Waals surface area contributed by atoms with Gasteiger partial charge in [0.25, 0.3) is 5.91 Å². The Morgan fingerprint density at radius 2 is 2.46 bits per heavy atom. The molecule has 1 fully saturated rings. The molecule has 1 aromatic rings. The lowest BCUT2D eigenvalue weighted by molar-refractivity contribution is 0.0362. The summed E-state index contributed by atoms with van der Waals surface area (Å²) in [7, 11) is 0. The molecule has 0 aliphatic carbocycles. The van der Waals surface area contributed by atoms with Crippen LogP contribution in [0.2, 0.25) is 0 Å². The number of carbonyl (C=O) groups is 1. The molecule has 2 rings (SSSR count). The molecule has 1 aliphatic heterocycles. The third kappa shape index (κ3) is 1.30. The van der Waals surface area contributed by atoms with Crippen LogP contribution in [0.1, 0.15) is 16.1 Å². The molecular weight excluding hydrogens is 175 g/mol. The second-order valence-corrected chi connectivity index (χ2v) is 3.15. The number of rotatable bonds is 1. The lowest BCUT2D eigenvalue weighted by atomic mass is 10.1. The smallest absolute Gasteiger partial charge is 0.292 e. The van der Waals surface area contributed by atoms with Crippen molar-refractivity contribution in [1.82, 2.24) is 10.1 Å². The number of carbonyl (C=O) groups excluding carboxylic acids is 1. The van der Waals surface area contributed by atoms with Gasteiger partial charge in [0, 0.05) is 5.56 Å². The van der Waals surface area contributed by atoms with E-state index in [4.69, 9.17) is 4.52 Å². The van der Waals surface area contributed by atoms with Crippen molar-refractivity contribution in [2.24, 2.45) is 0 Å². The second-order valence-electron chi connectivity index (χ2n) is 3.15. The van der Waals surface area contributed by atoms with Crippen molar-refractivity contribution >= 4 is 5.91 Å². The molecule has 4 nitrogen and oxygen atoms in total. The number of hydrogen-bond donors (Lipinski definition) is 0. The van der Waals surface area contributed by atoms with Gasteiger partial charge in [0.05, 0.1) is 19.3 Å². The highest BCUT2D eigenvalue weighted by Crippen LogP contribution is 2.17. The van der Waals surface area contributed by atoms with E-state index >= 15 is 0 Å². The van der Waals surface area contributed by atoms with Crippen LogP contribution >= 0.6 is 0 Å². The van der Waals surface area contributed by atoms with E-state index < -0.39 is 6.17 Å². The summed E-state index contributed by atoms with van der Waals surface area (Å²) in [5.74, 6) is -0.0594. The lowest BCUT2D eigenvalue weighted by Gasteiger charge is -2.33. The van der Waals surface area contributed by atoms with Crippen LogP contribution in [-0.4, -0.2) is 35.2 Å². The van der Waals surface area contributed by atoms with E-state index in [0.29, 0.717) is 5.56 Å². The number of alkyl halides is 1. The van der Waals surface area contributed by atoms with Crippen molar-refractivity contribution < 1.29 is 13.7 Å². The van der Waals surface area contributed by atoms with Crippen LogP contribution in [0, 0.1) is 6.92 Å². The molecule has 1 aliphatic rings. The first-order valence-corrected chi connectivity index (χ1v) is 4.03.